The molecule has 1 unspecified atom stereocenters. The van der Waals surface area contributed by atoms with Crippen LogP contribution >= 0.6 is 23.2 Å². The van der Waals surface area contributed by atoms with E-state index in [1.165, 1.54) is 0 Å². The number of ether oxygens (including phenoxy) is 2. The molecule has 1 aromatic rings. The molecule has 1 rings (SSSR count). The first-order valence-corrected chi connectivity index (χ1v) is 6.31. The third-order valence-electron chi connectivity index (χ3n) is 2.21. The summed E-state index contributed by atoms with van der Waals surface area (Å²) in [6.07, 6.45) is 0.781. The minimum Gasteiger partial charge on any atom is -0.493 e. The number of nitrogens with two attached hydrogens (primary N) is 1. The maximum atomic E-state index is 5.86. The van der Waals surface area contributed by atoms with Crippen molar-refractivity contribution in [3.05, 3.63) is 28.2 Å². The van der Waals surface area contributed by atoms with E-state index >= 15 is 0 Å². The smallest absolute Gasteiger partial charge is 0.122 e. The van der Waals surface area contributed by atoms with E-state index in [0.717, 1.165) is 6.42 Å². The molecule has 0 radical (unpaired) electrons. The molecule has 2 N–H and O–H groups in total. The second-order valence-corrected chi connectivity index (χ2v) is 4.43. The van der Waals surface area contributed by atoms with Crippen LogP contribution in [0.4, 0.5) is 0 Å². The highest BCUT2D eigenvalue weighted by atomic mass is 35.5. The van der Waals surface area contributed by atoms with Crippen LogP contribution in [0.1, 0.15) is 13.3 Å². The molecular formula is C12H17Cl2NO2. The van der Waals surface area contributed by atoms with Crippen molar-refractivity contribution in [2.45, 2.75) is 19.4 Å². The molecule has 0 saturated carbocycles. The van der Waals surface area contributed by atoms with Crippen LogP contribution in [0.25, 0.3) is 0 Å². The number of rotatable bonds is 7. The molecule has 0 bridgehead atoms. The highest BCUT2D eigenvalue weighted by Gasteiger charge is 2.06. The first kappa shape index (κ1) is 14.6. The first-order valence-electron chi connectivity index (χ1n) is 5.56. The van der Waals surface area contributed by atoms with Gasteiger partial charge in [-0.05, 0) is 25.1 Å². The zero-order chi connectivity index (χ0) is 12.7. The van der Waals surface area contributed by atoms with Crippen LogP contribution in [0.2, 0.25) is 10.0 Å². The average Bonchev–Trinajstić information content (AvgIpc) is 2.26. The summed E-state index contributed by atoms with van der Waals surface area (Å²) in [5.74, 6) is 0.662. The second-order valence-electron chi connectivity index (χ2n) is 3.56. The lowest BCUT2D eigenvalue weighted by Gasteiger charge is -2.15. The van der Waals surface area contributed by atoms with Gasteiger partial charge in [0, 0.05) is 29.6 Å². The first-order chi connectivity index (χ1) is 8.15. The van der Waals surface area contributed by atoms with E-state index < -0.39 is 0 Å². The fraction of sp³-hybridized carbons (Fsp3) is 0.500. The summed E-state index contributed by atoms with van der Waals surface area (Å²) in [5.41, 5.74) is 5.56. The third kappa shape index (κ3) is 5.59. The van der Waals surface area contributed by atoms with Crippen LogP contribution in [0.15, 0.2) is 18.2 Å². The lowest BCUT2D eigenvalue weighted by molar-refractivity contribution is 0.0527. The molecule has 1 atom stereocenters. The van der Waals surface area contributed by atoms with Crippen LogP contribution in [-0.2, 0) is 4.74 Å². The lowest BCUT2D eigenvalue weighted by Crippen LogP contribution is -2.25. The van der Waals surface area contributed by atoms with E-state index in [9.17, 15) is 0 Å². The van der Waals surface area contributed by atoms with E-state index in [0.29, 0.717) is 35.6 Å². The Morgan fingerprint density at radius 2 is 1.88 bits per heavy atom. The van der Waals surface area contributed by atoms with Gasteiger partial charge in [-0.3, -0.25) is 0 Å². The van der Waals surface area contributed by atoms with Crippen molar-refractivity contribution in [2.75, 3.05) is 19.8 Å². The largest absolute Gasteiger partial charge is 0.493 e. The standard InChI is InChI=1S/C12H17Cl2NO2/c1-2-16-11(8-15)3-4-17-12-6-9(13)5-10(14)7-12/h5-7,11H,2-4,8,15H2,1H3. The van der Waals surface area contributed by atoms with Gasteiger partial charge in [0.05, 0.1) is 12.7 Å². The molecule has 0 aromatic heterocycles. The monoisotopic (exact) mass is 277 g/mol. The maximum absolute atomic E-state index is 5.86. The van der Waals surface area contributed by atoms with E-state index in [2.05, 4.69) is 0 Å². The van der Waals surface area contributed by atoms with Crippen molar-refractivity contribution >= 4 is 23.2 Å². The van der Waals surface area contributed by atoms with Crippen LogP contribution in [0.5, 0.6) is 5.75 Å². The van der Waals surface area contributed by atoms with Gasteiger partial charge in [0.1, 0.15) is 5.75 Å². The zero-order valence-electron chi connectivity index (χ0n) is 9.79. The Kier molecular flexibility index (Phi) is 6.66. The fourth-order valence-corrected chi connectivity index (χ4v) is 1.93. The minimum atomic E-state index is 0.0367. The van der Waals surface area contributed by atoms with Crippen molar-refractivity contribution in [3.63, 3.8) is 0 Å². The van der Waals surface area contributed by atoms with Gasteiger partial charge in [-0.15, -0.1) is 0 Å². The van der Waals surface area contributed by atoms with E-state index in [1.54, 1.807) is 18.2 Å². The molecule has 0 aliphatic heterocycles. The predicted octanol–water partition coefficient (Wildman–Crippen LogP) is 3.13. The van der Waals surface area contributed by atoms with Crippen LogP contribution in [-0.4, -0.2) is 25.9 Å². The van der Waals surface area contributed by atoms with E-state index in [1.807, 2.05) is 6.92 Å². The molecule has 0 aliphatic rings. The van der Waals surface area contributed by atoms with E-state index in [4.69, 9.17) is 38.4 Å². The summed E-state index contributed by atoms with van der Waals surface area (Å²) in [4.78, 5) is 0. The summed E-state index contributed by atoms with van der Waals surface area (Å²) >= 11 is 11.7. The van der Waals surface area contributed by atoms with Gasteiger partial charge in [0.2, 0.25) is 0 Å². The lowest BCUT2D eigenvalue weighted by atomic mass is 10.2. The molecule has 0 saturated heterocycles. The Morgan fingerprint density at radius 3 is 2.41 bits per heavy atom. The summed E-state index contributed by atoms with van der Waals surface area (Å²) in [5, 5.41) is 1.13. The fourth-order valence-electron chi connectivity index (χ4n) is 1.43. The third-order valence-corrected chi connectivity index (χ3v) is 2.65. The minimum absolute atomic E-state index is 0.0367. The number of hydrogen-bond acceptors (Lipinski definition) is 3. The van der Waals surface area contributed by atoms with Gasteiger partial charge in [-0.2, -0.15) is 0 Å². The summed E-state index contributed by atoms with van der Waals surface area (Å²) < 4.78 is 11.0. The molecule has 0 aliphatic carbocycles. The molecule has 3 nitrogen and oxygen atoms in total. The zero-order valence-corrected chi connectivity index (χ0v) is 11.3. The quantitative estimate of drug-likeness (QED) is 0.833. The molecule has 0 amide bonds. The van der Waals surface area contributed by atoms with Gasteiger partial charge in [0.25, 0.3) is 0 Å². The number of hydrogen-bond donors (Lipinski definition) is 1. The molecule has 0 spiro atoms. The predicted molar refractivity (Wildman–Crippen MR) is 71.0 cm³/mol. The van der Waals surface area contributed by atoms with Crippen molar-refractivity contribution in [3.8, 4) is 5.75 Å². The van der Waals surface area contributed by atoms with Crippen molar-refractivity contribution in [1.29, 1.82) is 0 Å². The second kappa shape index (κ2) is 7.77. The van der Waals surface area contributed by atoms with Crippen LogP contribution in [0.3, 0.4) is 0 Å². The molecule has 1 aromatic carbocycles. The van der Waals surface area contributed by atoms with Gasteiger partial charge >= 0.3 is 0 Å². The molecule has 0 fully saturated rings. The van der Waals surface area contributed by atoms with Crippen molar-refractivity contribution in [2.24, 2.45) is 5.73 Å². The Hall–Kier alpha value is -0.480. The average molecular weight is 278 g/mol. The van der Waals surface area contributed by atoms with Gasteiger partial charge in [-0.25, -0.2) is 0 Å². The normalized spacial score (nSPS) is 12.5. The molecule has 96 valence electrons. The van der Waals surface area contributed by atoms with Gasteiger partial charge < -0.3 is 15.2 Å². The van der Waals surface area contributed by atoms with Gasteiger partial charge in [0.15, 0.2) is 0 Å². The molecular weight excluding hydrogens is 261 g/mol. The number of halogens is 2. The molecule has 0 heterocycles. The topological polar surface area (TPSA) is 44.5 Å². The highest BCUT2D eigenvalue weighted by molar-refractivity contribution is 6.34. The van der Waals surface area contributed by atoms with Gasteiger partial charge in [-0.1, -0.05) is 23.2 Å². The van der Waals surface area contributed by atoms with Crippen LogP contribution < -0.4 is 10.5 Å². The summed E-state index contributed by atoms with van der Waals surface area (Å²) in [7, 11) is 0. The van der Waals surface area contributed by atoms with Crippen LogP contribution in [0, 0.1) is 0 Å². The maximum Gasteiger partial charge on any atom is 0.122 e. The Bertz CT molecular complexity index is 327. The molecule has 17 heavy (non-hydrogen) atoms. The van der Waals surface area contributed by atoms with E-state index in [-0.39, 0.29) is 6.10 Å². The Labute approximate surface area is 112 Å². The Balaban J connectivity index is 2.39. The van der Waals surface area contributed by atoms with Crippen molar-refractivity contribution in [1.82, 2.24) is 0 Å². The highest BCUT2D eigenvalue weighted by Crippen LogP contribution is 2.24. The summed E-state index contributed by atoms with van der Waals surface area (Å²) in [6, 6.07) is 5.12. The summed E-state index contributed by atoms with van der Waals surface area (Å²) in [6.45, 7) is 3.62. The SMILES string of the molecule is CCOC(CN)CCOc1cc(Cl)cc(Cl)c1. The Morgan fingerprint density at radius 1 is 1.24 bits per heavy atom. The molecule has 5 heteroatoms. The van der Waals surface area contributed by atoms with Crippen molar-refractivity contribution < 1.29 is 9.47 Å². The number of benzene rings is 1.